The number of aromatic nitrogens is 1. The molecule has 0 bridgehead atoms. The van der Waals surface area contributed by atoms with E-state index in [1.807, 2.05) is 38.1 Å². The van der Waals surface area contributed by atoms with Crippen LogP contribution in [-0.4, -0.2) is 10.8 Å². The molecule has 0 fully saturated rings. The summed E-state index contributed by atoms with van der Waals surface area (Å²) < 4.78 is 0. The van der Waals surface area contributed by atoms with Crippen molar-refractivity contribution in [2.45, 2.75) is 27.2 Å². The second-order valence-corrected chi connectivity index (χ2v) is 5.23. The summed E-state index contributed by atoms with van der Waals surface area (Å²) in [5, 5.41) is 0.942. The molecule has 0 aliphatic rings. The lowest BCUT2D eigenvalue weighted by Crippen LogP contribution is -2.01. The number of hydrogen-bond donors (Lipinski definition) is 0. The Kier molecular flexibility index (Phi) is 3.38. The standard InChI is InChI=1S/C14H15NOS/c1-4-11-6-5-7-12(8-11)13(16)14-9(2)15-10(3)17-14/h5-8H,4H2,1-3H3. The van der Waals surface area contributed by atoms with Crippen LogP contribution >= 0.6 is 11.3 Å². The zero-order valence-corrected chi connectivity index (χ0v) is 11.1. The zero-order chi connectivity index (χ0) is 12.4. The Morgan fingerprint density at radius 2 is 2.12 bits per heavy atom. The van der Waals surface area contributed by atoms with Crippen molar-refractivity contribution in [1.82, 2.24) is 4.98 Å². The van der Waals surface area contributed by atoms with Gasteiger partial charge in [-0.2, -0.15) is 0 Å². The van der Waals surface area contributed by atoms with Gasteiger partial charge in [-0.3, -0.25) is 4.79 Å². The van der Waals surface area contributed by atoms with Crippen molar-refractivity contribution in [2.75, 3.05) is 0 Å². The van der Waals surface area contributed by atoms with Gasteiger partial charge in [0.05, 0.1) is 15.6 Å². The van der Waals surface area contributed by atoms with Crippen LogP contribution in [0.2, 0.25) is 0 Å². The summed E-state index contributed by atoms with van der Waals surface area (Å²) >= 11 is 1.47. The lowest BCUT2D eigenvalue weighted by molar-refractivity contribution is 0.104. The van der Waals surface area contributed by atoms with Gasteiger partial charge in [-0.15, -0.1) is 11.3 Å². The first-order valence-electron chi connectivity index (χ1n) is 5.69. The molecule has 0 saturated heterocycles. The van der Waals surface area contributed by atoms with Crippen LogP contribution in [0.5, 0.6) is 0 Å². The van der Waals surface area contributed by atoms with Gasteiger partial charge >= 0.3 is 0 Å². The number of ketones is 1. The first-order valence-corrected chi connectivity index (χ1v) is 6.51. The van der Waals surface area contributed by atoms with Crippen LogP contribution in [0.3, 0.4) is 0 Å². The third kappa shape index (κ3) is 2.44. The minimum atomic E-state index is 0.0865. The molecule has 0 unspecified atom stereocenters. The van der Waals surface area contributed by atoms with Crippen molar-refractivity contribution in [3.8, 4) is 0 Å². The maximum absolute atomic E-state index is 12.3. The Labute approximate surface area is 105 Å². The number of carbonyl (C=O) groups excluding carboxylic acids is 1. The summed E-state index contributed by atoms with van der Waals surface area (Å²) in [6.07, 6.45) is 0.946. The Morgan fingerprint density at radius 1 is 1.35 bits per heavy atom. The van der Waals surface area contributed by atoms with Crippen molar-refractivity contribution in [2.24, 2.45) is 0 Å². The lowest BCUT2D eigenvalue weighted by Gasteiger charge is -2.01. The predicted molar refractivity (Wildman–Crippen MR) is 70.8 cm³/mol. The van der Waals surface area contributed by atoms with Crippen molar-refractivity contribution in [3.05, 3.63) is 51.0 Å². The van der Waals surface area contributed by atoms with Crippen molar-refractivity contribution >= 4 is 17.1 Å². The van der Waals surface area contributed by atoms with E-state index in [1.54, 1.807) is 0 Å². The molecule has 0 radical (unpaired) electrons. The van der Waals surface area contributed by atoms with Crippen LogP contribution in [0.25, 0.3) is 0 Å². The second kappa shape index (κ2) is 4.80. The maximum Gasteiger partial charge on any atom is 0.204 e. The van der Waals surface area contributed by atoms with E-state index in [0.29, 0.717) is 0 Å². The highest BCUT2D eigenvalue weighted by atomic mass is 32.1. The Hall–Kier alpha value is -1.48. The van der Waals surface area contributed by atoms with Crippen LogP contribution in [0.15, 0.2) is 24.3 Å². The summed E-state index contributed by atoms with van der Waals surface area (Å²) in [6.45, 7) is 5.91. The SMILES string of the molecule is CCc1cccc(C(=O)c2sc(C)nc2C)c1. The van der Waals surface area contributed by atoms with Gasteiger partial charge in [-0.1, -0.05) is 25.1 Å². The molecule has 17 heavy (non-hydrogen) atoms. The highest BCUT2D eigenvalue weighted by molar-refractivity contribution is 7.14. The number of thiazole rings is 1. The largest absolute Gasteiger partial charge is 0.288 e. The Bertz CT molecular complexity index is 557. The van der Waals surface area contributed by atoms with Crippen molar-refractivity contribution < 1.29 is 4.79 Å². The highest BCUT2D eigenvalue weighted by Crippen LogP contribution is 2.21. The van der Waals surface area contributed by atoms with E-state index in [4.69, 9.17) is 0 Å². The third-order valence-electron chi connectivity index (χ3n) is 2.71. The van der Waals surface area contributed by atoms with E-state index in [-0.39, 0.29) is 5.78 Å². The monoisotopic (exact) mass is 245 g/mol. The molecule has 88 valence electrons. The molecule has 0 aliphatic heterocycles. The number of nitrogens with zero attached hydrogens (tertiary/aromatic N) is 1. The molecule has 2 aromatic rings. The van der Waals surface area contributed by atoms with Gasteiger partial charge in [0, 0.05) is 5.56 Å². The molecule has 0 spiro atoms. The van der Waals surface area contributed by atoms with Crippen LogP contribution in [0, 0.1) is 13.8 Å². The maximum atomic E-state index is 12.3. The molecular formula is C14H15NOS. The summed E-state index contributed by atoms with van der Waals surface area (Å²) in [5.74, 6) is 0.0865. The molecule has 0 N–H and O–H groups in total. The minimum Gasteiger partial charge on any atom is -0.288 e. The highest BCUT2D eigenvalue weighted by Gasteiger charge is 2.15. The molecular weight excluding hydrogens is 230 g/mol. The summed E-state index contributed by atoms with van der Waals surface area (Å²) in [4.78, 5) is 17.4. The molecule has 2 rings (SSSR count). The predicted octanol–water partition coefficient (Wildman–Crippen LogP) is 3.55. The lowest BCUT2D eigenvalue weighted by atomic mass is 10.0. The number of carbonyl (C=O) groups is 1. The molecule has 1 aromatic carbocycles. The summed E-state index contributed by atoms with van der Waals surface area (Å²) in [6, 6.07) is 7.82. The second-order valence-electron chi connectivity index (χ2n) is 4.03. The Balaban J connectivity index is 2.40. The van der Waals surface area contributed by atoms with Gasteiger partial charge in [0.1, 0.15) is 0 Å². The smallest absolute Gasteiger partial charge is 0.204 e. The topological polar surface area (TPSA) is 30.0 Å². The quantitative estimate of drug-likeness (QED) is 0.774. The average Bonchev–Trinajstić information content (AvgIpc) is 2.67. The minimum absolute atomic E-state index is 0.0865. The van der Waals surface area contributed by atoms with Crippen LogP contribution in [0.4, 0.5) is 0 Å². The van der Waals surface area contributed by atoms with Gasteiger partial charge in [0.15, 0.2) is 0 Å². The molecule has 1 aromatic heterocycles. The van der Waals surface area contributed by atoms with Crippen LogP contribution in [0.1, 0.15) is 38.4 Å². The fourth-order valence-electron chi connectivity index (χ4n) is 1.81. The normalized spacial score (nSPS) is 10.5. The number of rotatable bonds is 3. The van der Waals surface area contributed by atoms with Gasteiger partial charge in [0.25, 0.3) is 0 Å². The fourth-order valence-corrected chi connectivity index (χ4v) is 2.69. The zero-order valence-electron chi connectivity index (χ0n) is 10.3. The molecule has 0 atom stereocenters. The van der Waals surface area contributed by atoms with E-state index in [0.717, 1.165) is 27.6 Å². The average molecular weight is 245 g/mol. The molecule has 1 heterocycles. The van der Waals surface area contributed by atoms with E-state index < -0.39 is 0 Å². The number of hydrogen-bond acceptors (Lipinski definition) is 3. The molecule has 0 amide bonds. The summed E-state index contributed by atoms with van der Waals surface area (Å²) in [5.41, 5.74) is 2.78. The van der Waals surface area contributed by atoms with E-state index in [1.165, 1.54) is 16.9 Å². The van der Waals surface area contributed by atoms with Gasteiger partial charge in [0.2, 0.25) is 5.78 Å². The Morgan fingerprint density at radius 3 is 2.71 bits per heavy atom. The molecule has 0 aliphatic carbocycles. The van der Waals surface area contributed by atoms with Crippen LogP contribution < -0.4 is 0 Å². The first kappa shape index (κ1) is 12.0. The molecule has 0 saturated carbocycles. The van der Waals surface area contributed by atoms with E-state index in [2.05, 4.69) is 11.9 Å². The van der Waals surface area contributed by atoms with Crippen molar-refractivity contribution in [3.63, 3.8) is 0 Å². The van der Waals surface area contributed by atoms with Gasteiger partial charge in [-0.05, 0) is 31.9 Å². The fraction of sp³-hybridized carbons (Fsp3) is 0.286. The molecule has 2 nitrogen and oxygen atoms in total. The van der Waals surface area contributed by atoms with Crippen LogP contribution in [-0.2, 0) is 6.42 Å². The van der Waals surface area contributed by atoms with Gasteiger partial charge < -0.3 is 0 Å². The number of benzene rings is 1. The van der Waals surface area contributed by atoms with E-state index >= 15 is 0 Å². The van der Waals surface area contributed by atoms with E-state index in [9.17, 15) is 4.79 Å². The first-order chi connectivity index (χ1) is 8.11. The summed E-state index contributed by atoms with van der Waals surface area (Å²) in [7, 11) is 0. The third-order valence-corrected chi connectivity index (χ3v) is 3.78. The van der Waals surface area contributed by atoms with Gasteiger partial charge in [-0.25, -0.2) is 4.98 Å². The molecule has 3 heteroatoms. The number of aryl methyl sites for hydroxylation is 3. The van der Waals surface area contributed by atoms with Crippen molar-refractivity contribution in [1.29, 1.82) is 0 Å².